The molecule has 1 aromatic carbocycles. The number of nitrogens with one attached hydrogen (secondary N) is 1. The Morgan fingerprint density at radius 1 is 1.30 bits per heavy atom. The van der Waals surface area contributed by atoms with E-state index in [0.29, 0.717) is 10.4 Å². The lowest BCUT2D eigenvalue weighted by atomic mass is 10.1. The molecule has 1 unspecified atom stereocenters. The summed E-state index contributed by atoms with van der Waals surface area (Å²) in [7, 11) is 0. The molecule has 9 heteroatoms. The normalized spacial score (nSPS) is 16.1. The third kappa shape index (κ3) is 4.05. The van der Waals surface area contributed by atoms with E-state index in [1.807, 2.05) is 0 Å². The zero-order valence-electron chi connectivity index (χ0n) is 12.0. The predicted octanol–water partition coefficient (Wildman–Crippen LogP) is 2.12. The van der Waals surface area contributed by atoms with Crippen LogP contribution in [0.2, 0.25) is 0 Å². The van der Waals surface area contributed by atoms with Crippen LogP contribution in [0.3, 0.4) is 0 Å². The van der Waals surface area contributed by atoms with E-state index in [4.69, 9.17) is 0 Å². The number of benzene rings is 1. The molecule has 1 aromatic heterocycles. The molecule has 1 atom stereocenters. The first-order valence-electron chi connectivity index (χ1n) is 7.13. The summed E-state index contributed by atoms with van der Waals surface area (Å²) in [6.07, 6.45) is -2.68. The maximum absolute atomic E-state index is 12.4. The average molecular weight is 325 g/mol. The van der Waals surface area contributed by atoms with Gasteiger partial charge in [-0.15, -0.1) is 10.2 Å². The van der Waals surface area contributed by atoms with Gasteiger partial charge in [0.05, 0.1) is 6.04 Å². The quantitative estimate of drug-likeness (QED) is 0.914. The standard InChI is InChI=1S/C14H14F3N5O/c15-14(16,17)8-22-20-12(19-21-22)11(9-6-7-9)18-13(23)10-4-2-1-3-5-10/h1-5,9,11H,6-8H2,(H,18,23). The van der Waals surface area contributed by atoms with Crippen LogP contribution in [0.1, 0.15) is 35.1 Å². The Labute approximate surface area is 129 Å². The summed E-state index contributed by atoms with van der Waals surface area (Å²) in [6.45, 7) is -1.30. The fourth-order valence-electron chi connectivity index (χ4n) is 2.24. The van der Waals surface area contributed by atoms with Crippen molar-refractivity contribution in [2.75, 3.05) is 0 Å². The van der Waals surface area contributed by atoms with E-state index in [2.05, 4.69) is 20.7 Å². The highest BCUT2D eigenvalue weighted by molar-refractivity contribution is 5.94. The van der Waals surface area contributed by atoms with Crippen molar-refractivity contribution in [2.45, 2.75) is 31.6 Å². The smallest absolute Gasteiger partial charge is 0.342 e. The Kier molecular flexibility index (Phi) is 4.01. The number of halogens is 3. The number of carbonyl (C=O) groups excluding carboxylic acids is 1. The monoisotopic (exact) mass is 325 g/mol. The van der Waals surface area contributed by atoms with Crippen molar-refractivity contribution >= 4 is 5.91 Å². The number of amides is 1. The Morgan fingerprint density at radius 2 is 2.00 bits per heavy atom. The minimum atomic E-state index is -4.42. The van der Waals surface area contributed by atoms with Crippen molar-refractivity contribution < 1.29 is 18.0 Å². The van der Waals surface area contributed by atoms with Gasteiger partial charge in [0.1, 0.15) is 0 Å². The number of hydrogen-bond donors (Lipinski definition) is 1. The molecule has 0 radical (unpaired) electrons. The van der Waals surface area contributed by atoms with Crippen LogP contribution >= 0.6 is 0 Å². The first-order valence-corrected chi connectivity index (χ1v) is 7.13. The maximum Gasteiger partial charge on any atom is 0.409 e. The van der Waals surface area contributed by atoms with E-state index >= 15 is 0 Å². The molecule has 0 saturated heterocycles. The van der Waals surface area contributed by atoms with Crippen LogP contribution in [-0.4, -0.2) is 32.3 Å². The minimum Gasteiger partial charge on any atom is -0.342 e. The molecule has 1 aliphatic carbocycles. The Bertz CT molecular complexity index is 681. The second-order valence-corrected chi connectivity index (χ2v) is 5.45. The van der Waals surface area contributed by atoms with Crippen molar-refractivity contribution in [2.24, 2.45) is 5.92 Å². The fourth-order valence-corrected chi connectivity index (χ4v) is 2.24. The summed E-state index contributed by atoms with van der Waals surface area (Å²) < 4.78 is 37.1. The summed E-state index contributed by atoms with van der Waals surface area (Å²) in [6, 6.07) is 8.06. The minimum absolute atomic E-state index is 0.112. The van der Waals surface area contributed by atoms with Gasteiger partial charge in [0.25, 0.3) is 5.91 Å². The number of tetrazole rings is 1. The lowest BCUT2D eigenvalue weighted by molar-refractivity contribution is -0.145. The van der Waals surface area contributed by atoms with Gasteiger partial charge in [-0.25, -0.2) is 0 Å². The number of hydrogen-bond acceptors (Lipinski definition) is 4. The first kappa shape index (κ1) is 15.4. The second-order valence-electron chi connectivity index (χ2n) is 5.45. The van der Waals surface area contributed by atoms with Crippen molar-refractivity contribution in [3.63, 3.8) is 0 Å². The second kappa shape index (κ2) is 5.98. The lowest BCUT2D eigenvalue weighted by Gasteiger charge is -2.14. The summed E-state index contributed by atoms with van der Waals surface area (Å²) in [5, 5.41) is 13.6. The van der Waals surface area contributed by atoms with Gasteiger partial charge in [0.15, 0.2) is 12.4 Å². The molecule has 1 fully saturated rings. The first-order chi connectivity index (χ1) is 10.9. The largest absolute Gasteiger partial charge is 0.409 e. The predicted molar refractivity (Wildman–Crippen MR) is 73.2 cm³/mol. The Hall–Kier alpha value is -2.45. The van der Waals surface area contributed by atoms with Crippen LogP contribution in [0, 0.1) is 5.92 Å². The number of nitrogens with zero attached hydrogens (tertiary/aromatic N) is 4. The van der Waals surface area contributed by atoms with Crippen LogP contribution < -0.4 is 5.32 Å². The molecule has 1 amide bonds. The molecule has 1 aliphatic rings. The third-order valence-electron chi connectivity index (χ3n) is 3.48. The van der Waals surface area contributed by atoms with Crippen LogP contribution in [0.4, 0.5) is 13.2 Å². The number of rotatable bonds is 5. The van der Waals surface area contributed by atoms with Crippen molar-refractivity contribution in [3.05, 3.63) is 41.7 Å². The Morgan fingerprint density at radius 3 is 2.61 bits per heavy atom. The SMILES string of the molecule is O=C(NC(c1nnn(CC(F)(F)F)n1)C1CC1)c1ccccc1. The van der Waals surface area contributed by atoms with Crippen molar-refractivity contribution in [1.82, 2.24) is 25.5 Å². The van der Waals surface area contributed by atoms with Gasteiger partial charge < -0.3 is 5.32 Å². The van der Waals surface area contributed by atoms with E-state index in [1.165, 1.54) is 0 Å². The number of carbonyl (C=O) groups is 1. The van der Waals surface area contributed by atoms with Gasteiger partial charge in [-0.2, -0.15) is 18.0 Å². The van der Waals surface area contributed by atoms with Crippen LogP contribution in [0.25, 0.3) is 0 Å². The van der Waals surface area contributed by atoms with Crippen molar-refractivity contribution in [1.29, 1.82) is 0 Å². The molecular weight excluding hydrogens is 311 g/mol. The molecule has 6 nitrogen and oxygen atoms in total. The van der Waals surface area contributed by atoms with Gasteiger partial charge in [-0.05, 0) is 36.1 Å². The van der Waals surface area contributed by atoms with E-state index in [1.54, 1.807) is 30.3 Å². The molecule has 1 saturated carbocycles. The maximum atomic E-state index is 12.4. The highest BCUT2D eigenvalue weighted by atomic mass is 19.4. The average Bonchev–Trinajstić information content (AvgIpc) is 3.24. The molecule has 0 bridgehead atoms. The van der Waals surface area contributed by atoms with Crippen LogP contribution in [-0.2, 0) is 6.54 Å². The molecule has 23 heavy (non-hydrogen) atoms. The van der Waals surface area contributed by atoms with E-state index in [9.17, 15) is 18.0 Å². The summed E-state index contributed by atoms with van der Waals surface area (Å²) in [5.74, 6) is -0.0677. The van der Waals surface area contributed by atoms with Gasteiger partial charge in [-0.1, -0.05) is 18.2 Å². The topological polar surface area (TPSA) is 72.7 Å². The molecule has 1 N–H and O–H groups in total. The molecule has 1 heterocycles. The Balaban J connectivity index is 1.74. The number of aromatic nitrogens is 4. The molecule has 122 valence electrons. The molecule has 0 spiro atoms. The molecule has 2 aromatic rings. The zero-order chi connectivity index (χ0) is 16.4. The lowest BCUT2D eigenvalue weighted by Crippen LogP contribution is -2.31. The summed E-state index contributed by atoms with van der Waals surface area (Å²) in [5.41, 5.74) is 0.473. The zero-order valence-corrected chi connectivity index (χ0v) is 12.0. The third-order valence-corrected chi connectivity index (χ3v) is 3.48. The molecular formula is C14H14F3N5O. The van der Waals surface area contributed by atoms with Crippen molar-refractivity contribution in [3.8, 4) is 0 Å². The molecule has 0 aliphatic heterocycles. The highest BCUT2D eigenvalue weighted by Crippen LogP contribution is 2.40. The number of alkyl halides is 3. The van der Waals surface area contributed by atoms with Gasteiger partial charge in [0.2, 0.25) is 0 Å². The highest BCUT2D eigenvalue weighted by Gasteiger charge is 2.37. The van der Waals surface area contributed by atoms with E-state index in [0.717, 1.165) is 12.8 Å². The van der Waals surface area contributed by atoms with Gasteiger partial charge in [-0.3, -0.25) is 4.79 Å². The van der Waals surface area contributed by atoms with Crippen LogP contribution in [0.5, 0.6) is 0 Å². The molecule has 3 rings (SSSR count). The van der Waals surface area contributed by atoms with Crippen LogP contribution in [0.15, 0.2) is 30.3 Å². The van der Waals surface area contributed by atoms with E-state index in [-0.39, 0.29) is 17.6 Å². The fraction of sp³-hybridized carbons (Fsp3) is 0.429. The summed E-state index contributed by atoms with van der Waals surface area (Å²) in [4.78, 5) is 12.7. The van der Waals surface area contributed by atoms with E-state index < -0.39 is 18.8 Å². The van der Waals surface area contributed by atoms with Gasteiger partial charge in [0, 0.05) is 5.56 Å². The summed E-state index contributed by atoms with van der Waals surface area (Å²) >= 11 is 0. The van der Waals surface area contributed by atoms with Gasteiger partial charge >= 0.3 is 6.18 Å².